The van der Waals surface area contributed by atoms with Gasteiger partial charge in [0, 0.05) is 19.0 Å². The van der Waals surface area contributed by atoms with Gasteiger partial charge in [-0.3, -0.25) is 4.79 Å². The van der Waals surface area contributed by atoms with Gasteiger partial charge in [-0.05, 0) is 23.3 Å². The molecule has 1 unspecified atom stereocenters. The fourth-order valence-electron chi connectivity index (χ4n) is 2.78. The number of likely N-dealkylation sites (tertiary alicyclic amines) is 1. The van der Waals surface area contributed by atoms with Crippen LogP contribution in [-0.4, -0.2) is 23.0 Å². The van der Waals surface area contributed by atoms with Crippen LogP contribution in [0.4, 0.5) is 0 Å². The quantitative estimate of drug-likeness (QED) is 0.834. The summed E-state index contributed by atoms with van der Waals surface area (Å²) in [5.41, 5.74) is 0.876. The molecule has 3 heteroatoms. The SMILES string of the molecule is CN1C(=O)CCC1c1c(O)ccc2ccccc12. The molecule has 0 radical (unpaired) electrons. The first-order valence-corrected chi connectivity index (χ1v) is 6.15. The summed E-state index contributed by atoms with van der Waals surface area (Å²) in [5, 5.41) is 12.3. The molecule has 0 bridgehead atoms. The first kappa shape index (κ1) is 11.1. The van der Waals surface area contributed by atoms with E-state index >= 15 is 0 Å². The van der Waals surface area contributed by atoms with Crippen LogP contribution in [0.2, 0.25) is 0 Å². The Bertz CT molecular complexity index is 621. The van der Waals surface area contributed by atoms with Crippen LogP contribution >= 0.6 is 0 Å². The Morgan fingerprint density at radius 3 is 2.72 bits per heavy atom. The van der Waals surface area contributed by atoms with Crippen molar-refractivity contribution in [1.29, 1.82) is 0 Å². The van der Waals surface area contributed by atoms with Gasteiger partial charge in [-0.2, -0.15) is 0 Å². The molecular formula is C15H15NO2. The van der Waals surface area contributed by atoms with Gasteiger partial charge in [-0.25, -0.2) is 0 Å². The van der Waals surface area contributed by atoms with Gasteiger partial charge in [0.25, 0.3) is 0 Å². The van der Waals surface area contributed by atoms with Gasteiger partial charge in [0.15, 0.2) is 0 Å². The van der Waals surface area contributed by atoms with Crippen molar-refractivity contribution in [3.8, 4) is 5.75 Å². The molecule has 0 aliphatic carbocycles. The number of fused-ring (bicyclic) bond motifs is 1. The van der Waals surface area contributed by atoms with E-state index in [0.717, 1.165) is 22.8 Å². The van der Waals surface area contributed by atoms with Crippen molar-refractivity contribution in [2.45, 2.75) is 18.9 Å². The molecule has 3 nitrogen and oxygen atoms in total. The zero-order valence-electron chi connectivity index (χ0n) is 10.3. The van der Waals surface area contributed by atoms with E-state index in [2.05, 4.69) is 0 Å². The summed E-state index contributed by atoms with van der Waals surface area (Å²) < 4.78 is 0. The van der Waals surface area contributed by atoms with Gasteiger partial charge < -0.3 is 10.0 Å². The second-order valence-corrected chi connectivity index (χ2v) is 4.78. The minimum absolute atomic E-state index is 0.0106. The van der Waals surface area contributed by atoms with Crippen molar-refractivity contribution in [3.63, 3.8) is 0 Å². The summed E-state index contributed by atoms with van der Waals surface area (Å²) in [6.45, 7) is 0. The zero-order valence-corrected chi connectivity index (χ0v) is 10.3. The van der Waals surface area contributed by atoms with Gasteiger partial charge in [0.2, 0.25) is 5.91 Å². The average Bonchev–Trinajstić information content (AvgIpc) is 2.70. The standard InChI is InChI=1S/C15H15NO2/c1-16-12(7-9-14(16)18)15-11-5-3-2-4-10(11)6-8-13(15)17/h2-6,8,12,17H,7,9H2,1H3. The molecule has 0 spiro atoms. The number of phenols is 1. The van der Waals surface area contributed by atoms with E-state index in [1.165, 1.54) is 0 Å². The molecule has 92 valence electrons. The number of rotatable bonds is 1. The number of amides is 1. The zero-order chi connectivity index (χ0) is 12.7. The number of nitrogens with zero attached hydrogens (tertiary/aromatic N) is 1. The number of carbonyl (C=O) groups excluding carboxylic acids is 1. The van der Waals surface area contributed by atoms with Crippen LogP contribution in [0.5, 0.6) is 5.75 Å². The maximum absolute atomic E-state index is 11.6. The first-order valence-electron chi connectivity index (χ1n) is 6.15. The maximum atomic E-state index is 11.6. The summed E-state index contributed by atoms with van der Waals surface area (Å²) in [5.74, 6) is 0.424. The van der Waals surface area contributed by atoms with Crippen LogP contribution in [0.15, 0.2) is 36.4 Å². The molecule has 2 aromatic carbocycles. The van der Waals surface area contributed by atoms with Crippen molar-refractivity contribution in [3.05, 3.63) is 42.0 Å². The molecule has 3 rings (SSSR count). The van der Waals surface area contributed by atoms with Gasteiger partial charge in [-0.1, -0.05) is 30.3 Å². The smallest absolute Gasteiger partial charge is 0.222 e. The maximum Gasteiger partial charge on any atom is 0.222 e. The van der Waals surface area contributed by atoms with Gasteiger partial charge in [-0.15, -0.1) is 0 Å². The fourth-order valence-corrected chi connectivity index (χ4v) is 2.78. The highest BCUT2D eigenvalue weighted by Crippen LogP contribution is 2.40. The number of phenolic OH excluding ortho intramolecular Hbond substituents is 1. The highest BCUT2D eigenvalue weighted by molar-refractivity contribution is 5.89. The van der Waals surface area contributed by atoms with E-state index in [4.69, 9.17) is 0 Å². The Balaban J connectivity index is 2.22. The third kappa shape index (κ3) is 1.55. The predicted molar refractivity (Wildman–Crippen MR) is 70.4 cm³/mol. The van der Waals surface area contributed by atoms with Gasteiger partial charge >= 0.3 is 0 Å². The topological polar surface area (TPSA) is 40.5 Å². The van der Waals surface area contributed by atoms with Crippen molar-refractivity contribution in [2.24, 2.45) is 0 Å². The Kier molecular flexibility index (Phi) is 2.47. The number of benzene rings is 2. The lowest BCUT2D eigenvalue weighted by Crippen LogP contribution is -2.22. The van der Waals surface area contributed by atoms with Crippen molar-refractivity contribution in [2.75, 3.05) is 7.05 Å². The highest BCUT2D eigenvalue weighted by Gasteiger charge is 2.31. The molecule has 1 heterocycles. The van der Waals surface area contributed by atoms with Crippen LogP contribution < -0.4 is 0 Å². The third-order valence-electron chi connectivity index (χ3n) is 3.77. The molecular weight excluding hydrogens is 226 g/mol. The Morgan fingerprint density at radius 2 is 2.00 bits per heavy atom. The predicted octanol–water partition coefficient (Wildman–Crippen LogP) is 2.84. The van der Waals surface area contributed by atoms with E-state index < -0.39 is 0 Å². The summed E-state index contributed by atoms with van der Waals surface area (Å²) in [4.78, 5) is 13.4. The Morgan fingerprint density at radius 1 is 1.22 bits per heavy atom. The van der Waals surface area contributed by atoms with E-state index in [1.807, 2.05) is 30.3 Å². The van der Waals surface area contributed by atoms with Crippen molar-refractivity contribution < 1.29 is 9.90 Å². The van der Waals surface area contributed by atoms with Crippen molar-refractivity contribution >= 4 is 16.7 Å². The molecule has 1 aliphatic heterocycles. The second kappa shape index (κ2) is 4.02. The fraction of sp³-hybridized carbons (Fsp3) is 0.267. The minimum atomic E-state index is -0.0106. The summed E-state index contributed by atoms with van der Waals surface area (Å²) in [6.07, 6.45) is 1.33. The second-order valence-electron chi connectivity index (χ2n) is 4.78. The lowest BCUT2D eigenvalue weighted by atomic mass is 9.96. The molecule has 1 aliphatic rings. The molecule has 0 saturated carbocycles. The van der Waals surface area contributed by atoms with Crippen molar-refractivity contribution in [1.82, 2.24) is 4.90 Å². The minimum Gasteiger partial charge on any atom is -0.508 e. The molecule has 1 fully saturated rings. The van der Waals surface area contributed by atoms with Gasteiger partial charge in [0.1, 0.15) is 5.75 Å². The van der Waals surface area contributed by atoms with Crippen LogP contribution in [-0.2, 0) is 4.79 Å². The lowest BCUT2D eigenvalue weighted by Gasteiger charge is -2.22. The number of carbonyl (C=O) groups is 1. The summed E-state index contributed by atoms with van der Waals surface area (Å²) in [6, 6.07) is 11.6. The Hall–Kier alpha value is -2.03. The average molecular weight is 241 g/mol. The van der Waals surface area contributed by atoms with E-state index in [1.54, 1.807) is 18.0 Å². The van der Waals surface area contributed by atoms with Crippen LogP contribution in [0.25, 0.3) is 10.8 Å². The number of hydrogen-bond donors (Lipinski definition) is 1. The molecule has 0 aromatic heterocycles. The molecule has 1 saturated heterocycles. The van der Waals surface area contributed by atoms with E-state index in [9.17, 15) is 9.90 Å². The molecule has 1 N–H and O–H groups in total. The molecule has 1 atom stereocenters. The van der Waals surface area contributed by atoms with E-state index in [0.29, 0.717) is 6.42 Å². The highest BCUT2D eigenvalue weighted by atomic mass is 16.3. The number of hydrogen-bond acceptors (Lipinski definition) is 2. The molecule has 18 heavy (non-hydrogen) atoms. The monoisotopic (exact) mass is 241 g/mol. The number of aromatic hydroxyl groups is 1. The van der Waals surface area contributed by atoms with Gasteiger partial charge in [0.05, 0.1) is 6.04 Å². The molecule has 1 amide bonds. The van der Waals surface area contributed by atoms with E-state index in [-0.39, 0.29) is 17.7 Å². The summed E-state index contributed by atoms with van der Waals surface area (Å²) >= 11 is 0. The van der Waals surface area contributed by atoms with Crippen LogP contribution in [0.1, 0.15) is 24.4 Å². The lowest BCUT2D eigenvalue weighted by molar-refractivity contribution is -0.127. The third-order valence-corrected chi connectivity index (χ3v) is 3.77. The van der Waals surface area contributed by atoms with Crippen LogP contribution in [0.3, 0.4) is 0 Å². The first-order chi connectivity index (χ1) is 8.68. The summed E-state index contributed by atoms with van der Waals surface area (Å²) in [7, 11) is 1.81. The Labute approximate surface area is 106 Å². The van der Waals surface area contributed by atoms with Crippen LogP contribution in [0, 0.1) is 0 Å². The molecule has 2 aromatic rings. The normalized spacial score (nSPS) is 19.7. The largest absolute Gasteiger partial charge is 0.508 e.